The molecule has 0 atom stereocenters. The minimum absolute atomic E-state index is 0.318. The molecule has 154 valence electrons. The van der Waals surface area contributed by atoms with E-state index in [1.165, 1.54) is 30.4 Å². The number of rotatable bonds is 11. The zero-order chi connectivity index (χ0) is 21.0. The molecule has 29 heavy (non-hydrogen) atoms. The molecule has 0 radical (unpaired) electrons. The first kappa shape index (κ1) is 24.1. The lowest BCUT2D eigenvalue weighted by Gasteiger charge is -2.29. The number of hydrogen-bond donors (Lipinski definition) is 0. The second-order valence-corrected chi connectivity index (χ2v) is 10.6. The van der Waals surface area contributed by atoms with Crippen molar-refractivity contribution in [1.82, 2.24) is 0 Å². The van der Waals surface area contributed by atoms with Gasteiger partial charge in [0.1, 0.15) is 0 Å². The van der Waals surface area contributed by atoms with E-state index in [-0.39, 0.29) is 0 Å². The largest absolute Gasteiger partial charge is 0.461 e. The van der Waals surface area contributed by atoms with Crippen LogP contribution in [0.4, 0.5) is 0 Å². The molecule has 1 aliphatic carbocycles. The van der Waals surface area contributed by atoms with Gasteiger partial charge in [0.15, 0.2) is 0 Å². The maximum atomic E-state index is 6.11. The third kappa shape index (κ3) is 7.86. The van der Waals surface area contributed by atoms with Crippen molar-refractivity contribution < 1.29 is 4.74 Å². The first-order chi connectivity index (χ1) is 14.2. The molecule has 0 N–H and O–H groups in total. The van der Waals surface area contributed by atoms with Gasteiger partial charge >= 0.3 is 8.56 Å². The van der Waals surface area contributed by atoms with Gasteiger partial charge in [-0.2, -0.15) is 0 Å². The summed E-state index contributed by atoms with van der Waals surface area (Å²) in [4.78, 5) is 0. The van der Waals surface area contributed by atoms with Crippen LogP contribution in [0.3, 0.4) is 0 Å². The van der Waals surface area contributed by atoms with Crippen LogP contribution in [-0.4, -0.2) is 36.8 Å². The van der Waals surface area contributed by atoms with E-state index < -0.39 is 8.56 Å². The molecular formula is C21H27N3OS3Si. The number of ether oxygens (including phenoxy) is 1. The summed E-state index contributed by atoms with van der Waals surface area (Å²) in [7, 11) is -2.80. The Balaban J connectivity index is 1.77. The minimum Gasteiger partial charge on any atom is -0.378 e. The molecule has 1 aromatic rings. The normalized spacial score (nSPS) is 20.4. The zero-order valence-corrected chi connectivity index (χ0v) is 20.3. The van der Waals surface area contributed by atoms with Gasteiger partial charge in [-0.1, -0.05) is 37.6 Å². The van der Waals surface area contributed by atoms with Crippen molar-refractivity contribution in [3.63, 3.8) is 0 Å². The molecule has 8 heteroatoms. The highest BCUT2D eigenvalue weighted by Crippen LogP contribution is 2.34. The molecule has 1 fully saturated rings. The minimum atomic E-state index is -2.80. The number of aryl methyl sites for hydroxylation is 1. The fourth-order valence-electron chi connectivity index (χ4n) is 3.83. The van der Waals surface area contributed by atoms with Gasteiger partial charge in [-0.3, -0.25) is 0 Å². The molecule has 0 unspecified atom stereocenters. The average molecular weight is 462 g/mol. The number of thiocarbonyl (C=S) groups is 3. The van der Waals surface area contributed by atoms with Gasteiger partial charge in [0.25, 0.3) is 0 Å². The third-order valence-corrected chi connectivity index (χ3v) is 8.54. The van der Waals surface area contributed by atoms with Crippen molar-refractivity contribution in [3.8, 4) is 0 Å². The molecule has 4 nitrogen and oxygen atoms in total. The standard InChI is InChI=1S/C21H27N3OS3Si/c1-2-4-18-5-7-19(8-6-18)20-9-11-21(12-10-20)25-13-3-14-29(22-15-26,23-16-27)24-17-28/h5-8,20-21H,2-4,9-14H2,1H3. The summed E-state index contributed by atoms with van der Waals surface area (Å²) in [6.07, 6.45) is 7.99. The molecule has 0 aliphatic heterocycles. The molecule has 0 saturated heterocycles. The van der Waals surface area contributed by atoms with E-state index in [1.54, 1.807) is 0 Å². The third-order valence-electron chi connectivity index (χ3n) is 5.35. The number of nitrogens with zero attached hydrogens (tertiary/aromatic N) is 3. The average Bonchev–Trinajstić information content (AvgIpc) is 2.73. The van der Waals surface area contributed by atoms with E-state index in [2.05, 4.69) is 60.6 Å². The predicted octanol–water partition coefficient (Wildman–Crippen LogP) is 6.32. The lowest BCUT2D eigenvalue weighted by molar-refractivity contribution is 0.0250. The van der Waals surface area contributed by atoms with Gasteiger partial charge in [0, 0.05) is 12.7 Å². The second-order valence-electron chi connectivity index (χ2n) is 7.32. The fourth-order valence-corrected chi connectivity index (χ4v) is 6.69. The Morgan fingerprint density at radius 2 is 1.55 bits per heavy atom. The van der Waals surface area contributed by atoms with Crippen molar-refractivity contribution in [3.05, 3.63) is 35.4 Å². The van der Waals surface area contributed by atoms with Gasteiger partial charge < -0.3 is 4.74 Å². The highest BCUT2D eigenvalue weighted by atomic mass is 32.1. The number of benzene rings is 1. The molecule has 0 amide bonds. The van der Waals surface area contributed by atoms with E-state index in [0.717, 1.165) is 25.7 Å². The molecule has 0 spiro atoms. The van der Waals surface area contributed by atoms with Gasteiger partial charge in [-0.15, -0.1) is 0 Å². The summed E-state index contributed by atoms with van der Waals surface area (Å²) in [5.41, 5.74) is 2.90. The van der Waals surface area contributed by atoms with Crippen LogP contribution < -0.4 is 0 Å². The summed E-state index contributed by atoms with van der Waals surface area (Å²) >= 11 is 14.2. The monoisotopic (exact) mass is 461 g/mol. The maximum absolute atomic E-state index is 6.11. The molecular weight excluding hydrogens is 435 g/mol. The summed E-state index contributed by atoms with van der Waals surface area (Å²) in [6, 6.07) is 9.80. The smallest absolute Gasteiger partial charge is 0.378 e. The van der Waals surface area contributed by atoms with E-state index in [9.17, 15) is 0 Å². The van der Waals surface area contributed by atoms with E-state index in [0.29, 0.717) is 24.7 Å². The van der Waals surface area contributed by atoms with Crippen LogP contribution in [0.5, 0.6) is 0 Å². The number of hydrogen-bond acceptors (Lipinski definition) is 7. The van der Waals surface area contributed by atoms with E-state index in [1.807, 2.05) is 0 Å². The molecule has 1 aliphatic rings. The summed E-state index contributed by atoms with van der Waals surface area (Å²) in [5, 5.41) is 7.11. The van der Waals surface area contributed by atoms with Crippen LogP contribution in [0, 0.1) is 0 Å². The molecule has 1 saturated carbocycles. The van der Waals surface area contributed by atoms with Crippen LogP contribution >= 0.6 is 36.7 Å². The highest BCUT2D eigenvalue weighted by molar-refractivity contribution is 7.78. The van der Waals surface area contributed by atoms with Crippen LogP contribution in [-0.2, 0) is 11.2 Å². The fraction of sp³-hybridized carbons (Fsp3) is 0.571. The topological polar surface area (TPSA) is 46.3 Å². The van der Waals surface area contributed by atoms with Crippen molar-refractivity contribution in [2.24, 2.45) is 14.0 Å². The van der Waals surface area contributed by atoms with Crippen LogP contribution in [0.25, 0.3) is 0 Å². The van der Waals surface area contributed by atoms with Crippen molar-refractivity contribution in [2.75, 3.05) is 6.61 Å². The van der Waals surface area contributed by atoms with Crippen molar-refractivity contribution in [2.45, 2.75) is 69.9 Å². The lowest BCUT2D eigenvalue weighted by atomic mass is 9.82. The van der Waals surface area contributed by atoms with Crippen molar-refractivity contribution in [1.29, 1.82) is 0 Å². The van der Waals surface area contributed by atoms with Crippen molar-refractivity contribution >= 4 is 60.7 Å². The SMILES string of the molecule is CCCc1ccc(C2CCC(OCCC[Si](N=C=S)(N=C=S)N=C=S)CC2)cc1. The Morgan fingerprint density at radius 3 is 2.07 bits per heavy atom. The Bertz CT molecular complexity index is 744. The highest BCUT2D eigenvalue weighted by Gasteiger charge is 2.34. The Hall–Kier alpha value is -1.20. The molecule has 0 heterocycles. The molecule has 1 aromatic carbocycles. The maximum Gasteiger partial charge on any atom is 0.461 e. The quantitative estimate of drug-likeness (QED) is 0.167. The summed E-state index contributed by atoms with van der Waals surface area (Å²) in [5.74, 6) is 0.649. The first-order valence-corrected chi connectivity index (χ1v) is 13.4. The molecule has 0 aromatic heterocycles. The van der Waals surface area contributed by atoms with Gasteiger partial charge in [0.2, 0.25) is 0 Å². The second kappa shape index (κ2) is 13.2. The van der Waals surface area contributed by atoms with Crippen LogP contribution in [0.2, 0.25) is 6.04 Å². The lowest BCUT2D eigenvalue weighted by Crippen LogP contribution is -2.28. The summed E-state index contributed by atoms with van der Waals surface area (Å²) in [6.45, 7) is 2.86. The van der Waals surface area contributed by atoms with Crippen LogP contribution in [0.1, 0.15) is 62.5 Å². The van der Waals surface area contributed by atoms with Gasteiger partial charge in [-0.05, 0) is 92.2 Å². The van der Waals surface area contributed by atoms with Crippen LogP contribution in [0.15, 0.2) is 38.2 Å². The summed E-state index contributed by atoms with van der Waals surface area (Å²) < 4.78 is 18.5. The predicted molar refractivity (Wildman–Crippen MR) is 132 cm³/mol. The Labute approximate surface area is 190 Å². The molecule has 2 rings (SSSR count). The Morgan fingerprint density at radius 1 is 0.966 bits per heavy atom. The van der Waals surface area contributed by atoms with E-state index in [4.69, 9.17) is 41.4 Å². The first-order valence-electron chi connectivity index (χ1n) is 10.1. The number of isothiocyanates is 3. The Kier molecular flexibility index (Phi) is 10.9. The van der Waals surface area contributed by atoms with Gasteiger partial charge in [-0.25, -0.2) is 14.0 Å². The van der Waals surface area contributed by atoms with Gasteiger partial charge in [0.05, 0.1) is 21.6 Å². The zero-order valence-electron chi connectivity index (χ0n) is 16.8. The molecule has 0 bridgehead atoms. The van der Waals surface area contributed by atoms with E-state index >= 15 is 0 Å².